The van der Waals surface area contributed by atoms with E-state index in [9.17, 15) is 18.0 Å². The minimum Gasteiger partial charge on any atom is -0.347 e. The largest absolute Gasteiger partial charge is 0.347 e. The zero-order chi connectivity index (χ0) is 17.5. The summed E-state index contributed by atoms with van der Waals surface area (Å²) in [5.74, 6) is -1.56. The van der Waals surface area contributed by atoms with Crippen LogP contribution in [-0.4, -0.2) is 51.3 Å². The van der Waals surface area contributed by atoms with Gasteiger partial charge < -0.3 is 15.5 Å². The van der Waals surface area contributed by atoms with Gasteiger partial charge in [0.25, 0.3) is 0 Å². The third-order valence-corrected chi connectivity index (χ3v) is 4.18. The summed E-state index contributed by atoms with van der Waals surface area (Å²) in [4.78, 5) is 25.4. The van der Waals surface area contributed by atoms with Crippen LogP contribution in [0.15, 0.2) is 29.2 Å². The van der Waals surface area contributed by atoms with Gasteiger partial charge in [0.15, 0.2) is 0 Å². The molecule has 9 heteroatoms. The number of nitrogens with zero attached hydrogens (tertiary/aromatic N) is 1. The van der Waals surface area contributed by atoms with Crippen LogP contribution in [0.25, 0.3) is 0 Å². The fraction of sp³-hybridized carbons (Fsp3) is 0.429. The van der Waals surface area contributed by atoms with E-state index < -0.39 is 21.8 Å². The van der Waals surface area contributed by atoms with Crippen molar-refractivity contribution in [2.75, 3.05) is 31.5 Å². The van der Waals surface area contributed by atoms with Gasteiger partial charge in [0, 0.05) is 18.8 Å². The molecule has 0 atom stereocenters. The third kappa shape index (κ3) is 6.35. The Kier molecular flexibility index (Phi) is 7.14. The number of nitrogens with one attached hydrogen (secondary N) is 2. The molecule has 0 unspecified atom stereocenters. The molecule has 0 radical (unpaired) electrons. The third-order valence-electron chi connectivity index (χ3n) is 3.25. The highest BCUT2D eigenvalue weighted by Crippen LogP contribution is 2.12. The van der Waals surface area contributed by atoms with Crippen LogP contribution in [0.3, 0.4) is 0 Å². The average molecular weight is 342 g/mol. The average Bonchev–Trinajstić information content (AvgIpc) is 2.51. The van der Waals surface area contributed by atoms with Crippen molar-refractivity contribution in [2.24, 2.45) is 5.14 Å². The van der Waals surface area contributed by atoms with Crippen LogP contribution in [-0.2, 0) is 19.6 Å². The summed E-state index contributed by atoms with van der Waals surface area (Å²) >= 11 is 0. The van der Waals surface area contributed by atoms with Crippen molar-refractivity contribution in [2.45, 2.75) is 18.7 Å². The van der Waals surface area contributed by atoms with Crippen molar-refractivity contribution in [3.05, 3.63) is 24.3 Å². The summed E-state index contributed by atoms with van der Waals surface area (Å²) in [6, 6.07) is 5.23. The highest BCUT2D eigenvalue weighted by Gasteiger charge is 2.14. The molecule has 128 valence electrons. The van der Waals surface area contributed by atoms with E-state index in [0.29, 0.717) is 18.8 Å². The van der Waals surface area contributed by atoms with Crippen LogP contribution in [0, 0.1) is 0 Å². The highest BCUT2D eigenvalue weighted by atomic mass is 32.2. The number of hydrogen-bond acceptors (Lipinski definition) is 5. The lowest BCUT2D eigenvalue weighted by Gasteiger charge is -2.17. The maximum absolute atomic E-state index is 11.7. The predicted molar refractivity (Wildman–Crippen MR) is 87.2 cm³/mol. The monoisotopic (exact) mass is 342 g/mol. The second-order valence-corrected chi connectivity index (χ2v) is 6.37. The first kappa shape index (κ1) is 19.1. The van der Waals surface area contributed by atoms with Crippen molar-refractivity contribution in [1.29, 1.82) is 0 Å². The molecule has 0 heterocycles. The molecule has 1 rings (SSSR count). The first-order valence-electron chi connectivity index (χ1n) is 7.22. The van der Waals surface area contributed by atoms with E-state index >= 15 is 0 Å². The molecule has 0 bridgehead atoms. The van der Waals surface area contributed by atoms with E-state index in [-0.39, 0.29) is 4.90 Å². The van der Waals surface area contributed by atoms with Gasteiger partial charge in [-0.2, -0.15) is 0 Å². The molecular weight excluding hydrogens is 320 g/mol. The first-order valence-corrected chi connectivity index (χ1v) is 8.77. The van der Waals surface area contributed by atoms with E-state index in [2.05, 4.69) is 15.5 Å². The maximum atomic E-state index is 11.7. The van der Waals surface area contributed by atoms with Crippen molar-refractivity contribution in [3.8, 4) is 0 Å². The Balaban J connectivity index is 2.50. The van der Waals surface area contributed by atoms with Gasteiger partial charge in [0.05, 0.1) is 4.90 Å². The van der Waals surface area contributed by atoms with Gasteiger partial charge >= 0.3 is 11.8 Å². The van der Waals surface area contributed by atoms with Crippen molar-refractivity contribution >= 4 is 27.5 Å². The Morgan fingerprint density at radius 3 is 2.13 bits per heavy atom. The fourth-order valence-corrected chi connectivity index (χ4v) is 2.38. The minimum atomic E-state index is -3.79. The Hall–Kier alpha value is -1.97. The second kappa shape index (κ2) is 8.61. The van der Waals surface area contributed by atoms with E-state index in [1.165, 1.54) is 24.3 Å². The Bertz CT molecular complexity index is 639. The zero-order valence-electron chi connectivity index (χ0n) is 13.2. The molecule has 0 spiro atoms. The molecule has 0 aromatic heterocycles. The molecule has 0 aliphatic carbocycles. The van der Waals surface area contributed by atoms with Crippen LogP contribution in [0.1, 0.15) is 13.8 Å². The Labute approximate surface area is 136 Å². The molecule has 8 nitrogen and oxygen atoms in total. The number of rotatable bonds is 7. The standard InChI is InChI=1S/C14H22N4O4S/c1-3-18(4-2)10-9-16-13(19)14(20)17-11-5-7-12(8-6-11)23(15,21)22/h5-8H,3-4,9-10H2,1-2H3,(H,16,19)(H,17,20)(H2,15,21,22). The van der Waals surface area contributed by atoms with Gasteiger partial charge in [-0.05, 0) is 37.4 Å². The lowest BCUT2D eigenvalue weighted by atomic mass is 10.3. The summed E-state index contributed by atoms with van der Waals surface area (Å²) in [6.07, 6.45) is 0. The molecule has 1 aromatic carbocycles. The Morgan fingerprint density at radius 1 is 1.09 bits per heavy atom. The summed E-state index contributed by atoms with van der Waals surface area (Å²) in [5, 5.41) is 9.89. The predicted octanol–water partition coefficient (Wildman–Crippen LogP) is -0.269. The van der Waals surface area contributed by atoms with E-state index in [1.807, 2.05) is 13.8 Å². The maximum Gasteiger partial charge on any atom is 0.313 e. The fourth-order valence-electron chi connectivity index (χ4n) is 1.86. The number of sulfonamides is 1. The molecule has 2 amide bonds. The number of primary sulfonamides is 1. The molecule has 0 aliphatic rings. The van der Waals surface area contributed by atoms with E-state index in [0.717, 1.165) is 13.1 Å². The Morgan fingerprint density at radius 2 is 1.65 bits per heavy atom. The lowest BCUT2D eigenvalue weighted by molar-refractivity contribution is -0.136. The smallest absolute Gasteiger partial charge is 0.313 e. The van der Waals surface area contributed by atoms with Crippen molar-refractivity contribution < 1.29 is 18.0 Å². The van der Waals surface area contributed by atoms with Gasteiger partial charge in [0.1, 0.15) is 0 Å². The number of anilines is 1. The lowest BCUT2D eigenvalue weighted by Crippen LogP contribution is -2.40. The number of carbonyl (C=O) groups is 2. The van der Waals surface area contributed by atoms with Gasteiger partial charge in [-0.15, -0.1) is 0 Å². The number of amides is 2. The minimum absolute atomic E-state index is 0.0702. The van der Waals surface area contributed by atoms with Crippen LogP contribution >= 0.6 is 0 Å². The molecule has 1 aromatic rings. The molecule has 0 saturated heterocycles. The van der Waals surface area contributed by atoms with Gasteiger partial charge in [-0.1, -0.05) is 13.8 Å². The van der Waals surface area contributed by atoms with Crippen LogP contribution in [0.2, 0.25) is 0 Å². The number of carbonyl (C=O) groups excluding carboxylic acids is 2. The highest BCUT2D eigenvalue weighted by molar-refractivity contribution is 7.89. The van der Waals surface area contributed by atoms with Gasteiger partial charge in [-0.3, -0.25) is 9.59 Å². The van der Waals surface area contributed by atoms with Crippen LogP contribution in [0.5, 0.6) is 0 Å². The van der Waals surface area contributed by atoms with E-state index in [4.69, 9.17) is 5.14 Å². The number of hydrogen-bond donors (Lipinski definition) is 3. The number of likely N-dealkylation sites (N-methyl/N-ethyl adjacent to an activating group) is 1. The summed E-state index contributed by atoms with van der Waals surface area (Å²) in [6.45, 7) is 6.81. The summed E-state index contributed by atoms with van der Waals surface area (Å²) in [5.41, 5.74) is 0.307. The van der Waals surface area contributed by atoms with Crippen LogP contribution in [0.4, 0.5) is 5.69 Å². The second-order valence-electron chi connectivity index (χ2n) is 4.81. The summed E-state index contributed by atoms with van der Waals surface area (Å²) < 4.78 is 22.2. The SMILES string of the molecule is CCN(CC)CCNC(=O)C(=O)Nc1ccc(S(N)(=O)=O)cc1. The normalized spacial score (nSPS) is 11.3. The van der Waals surface area contributed by atoms with Gasteiger partial charge in [-0.25, -0.2) is 13.6 Å². The number of benzene rings is 1. The molecule has 0 aliphatic heterocycles. The van der Waals surface area contributed by atoms with Gasteiger partial charge in [0.2, 0.25) is 10.0 Å². The molecule has 0 saturated carbocycles. The zero-order valence-corrected chi connectivity index (χ0v) is 14.0. The quantitative estimate of drug-likeness (QED) is 0.589. The molecule has 4 N–H and O–H groups in total. The van der Waals surface area contributed by atoms with Crippen molar-refractivity contribution in [3.63, 3.8) is 0 Å². The van der Waals surface area contributed by atoms with Crippen molar-refractivity contribution in [1.82, 2.24) is 10.2 Å². The molecule has 23 heavy (non-hydrogen) atoms. The molecular formula is C14H22N4O4S. The number of nitrogens with two attached hydrogens (primary N) is 1. The molecule has 0 fully saturated rings. The first-order chi connectivity index (χ1) is 10.8. The van der Waals surface area contributed by atoms with E-state index in [1.54, 1.807) is 0 Å². The topological polar surface area (TPSA) is 122 Å². The van der Waals surface area contributed by atoms with Crippen LogP contribution < -0.4 is 15.8 Å². The summed E-state index contributed by atoms with van der Waals surface area (Å²) in [7, 11) is -3.79.